The minimum absolute atomic E-state index is 0.351. The molecule has 0 fully saturated rings. The molecule has 0 aliphatic carbocycles. The third kappa shape index (κ3) is 4.41. The standard InChI is InChI=1S/C15H21N3O2S/c1-16-8-3-10-18-11-9-17-15(18)12-13-4-6-14(7-5-13)21(2,19)20/h4-7,9,11,16H,3,8,10,12H2,1-2H3. The van der Waals surface area contributed by atoms with Crippen LogP contribution in [-0.4, -0.2) is 37.8 Å². The first-order valence-corrected chi connectivity index (χ1v) is 8.83. The highest BCUT2D eigenvalue weighted by molar-refractivity contribution is 7.90. The molecule has 0 bridgehead atoms. The normalized spacial score (nSPS) is 11.7. The van der Waals surface area contributed by atoms with Gasteiger partial charge in [-0.05, 0) is 37.7 Å². The van der Waals surface area contributed by atoms with E-state index in [-0.39, 0.29) is 0 Å². The summed E-state index contributed by atoms with van der Waals surface area (Å²) in [6, 6.07) is 7.00. The maximum Gasteiger partial charge on any atom is 0.175 e. The number of imidazole rings is 1. The summed E-state index contributed by atoms with van der Waals surface area (Å²) in [4.78, 5) is 4.74. The van der Waals surface area contributed by atoms with Gasteiger partial charge in [0, 0.05) is 31.6 Å². The van der Waals surface area contributed by atoms with Gasteiger partial charge in [0.15, 0.2) is 9.84 Å². The maximum absolute atomic E-state index is 11.4. The van der Waals surface area contributed by atoms with Crippen LogP contribution in [0, 0.1) is 0 Å². The Morgan fingerprint density at radius 1 is 1.24 bits per heavy atom. The van der Waals surface area contributed by atoms with E-state index >= 15 is 0 Å². The Labute approximate surface area is 125 Å². The molecule has 1 aromatic carbocycles. The molecule has 0 saturated heterocycles. The fourth-order valence-electron chi connectivity index (χ4n) is 2.17. The molecule has 1 aromatic heterocycles. The maximum atomic E-state index is 11.4. The Morgan fingerprint density at radius 2 is 1.95 bits per heavy atom. The Kier molecular flexibility index (Phi) is 5.14. The summed E-state index contributed by atoms with van der Waals surface area (Å²) in [6.45, 7) is 1.90. The third-order valence-electron chi connectivity index (χ3n) is 3.34. The van der Waals surface area contributed by atoms with Crippen LogP contribution in [0.2, 0.25) is 0 Å². The van der Waals surface area contributed by atoms with Gasteiger partial charge in [-0.3, -0.25) is 0 Å². The quantitative estimate of drug-likeness (QED) is 0.787. The van der Waals surface area contributed by atoms with Crippen molar-refractivity contribution in [2.75, 3.05) is 19.8 Å². The Hall–Kier alpha value is -1.66. The zero-order valence-corrected chi connectivity index (χ0v) is 13.2. The zero-order chi connectivity index (χ0) is 15.3. The number of aryl methyl sites for hydroxylation is 1. The highest BCUT2D eigenvalue weighted by Crippen LogP contribution is 2.13. The molecule has 0 saturated carbocycles. The van der Waals surface area contributed by atoms with Crippen LogP contribution >= 0.6 is 0 Å². The van der Waals surface area contributed by atoms with Gasteiger partial charge in [0.1, 0.15) is 5.82 Å². The molecule has 0 amide bonds. The summed E-state index contributed by atoms with van der Waals surface area (Å²) in [7, 11) is -1.19. The Bertz CT molecular complexity index is 675. The van der Waals surface area contributed by atoms with Crippen molar-refractivity contribution < 1.29 is 8.42 Å². The lowest BCUT2D eigenvalue weighted by Crippen LogP contribution is -2.12. The summed E-state index contributed by atoms with van der Waals surface area (Å²) >= 11 is 0. The number of hydrogen-bond acceptors (Lipinski definition) is 4. The van der Waals surface area contributed by atoms with Crippen LogP contribution in [0.3, 0.4) is 0 Å². The first-order chi connectivity index (χ1) is 10.0. The molecule has 0 aliphatic heterocycles. The van der Waals surface area contributed by atoms with Crippen LogP contribution in [0.1, 0.15) is 17.8 Å². The van der Waals surface area contributed by atoms with Gasteiger partial charge in [-0.15, -0.1) is 0 Å². The van der Waals surface area contributed by atoms with Crippen LogP contribution < -0.4 is 5.32 Å². The van der Waals surface area contributed by atoms with Crippen LogP contribution in [0.4, 0.5) is 0 Å². The summed E-state index contributed by atoms with van der Waals surface area (Å²) < 4.78 is 25.0. The molecule has 6 heteroatoms. The van der Waals surface area contributed by atoms with E-state index in [0.717, 1.165) is 30.9 Å². The fraction of sp³-hybridized carbons (Fsp3) is 0.400. The van der Waals surface area contributed by atoms with Gasteiger partial charge in [0.05, 0.1) is 4.90 Å². The monoisotopic (exact) mass is 307 g/mol. The van der Waals surface area contributed by atoms with Gasteiger partial charge in [-0.2, -0.15) is 0 Å². The molecule has 2 rings (SSSR count). The molecular weight excluding hydrogens is 286 g/mol. The van der Waals surface area contributed by atoms with Gasteiger partial charge >= 0.3 is 0 Å². The van der Waals surface area contributed by atoms with E-state index in [1.54, 1.807) is 18.3 Å². The summed E-state index contributed by atoms with van der Waals surface area (Å²) in [5.41, 5.74) is 1.06. The Morgan fingerprint density at radius 3 is 2.57 bits per heavy atom. The smallest absolute Gasteiger partial charge is 0.175 e. The van der Waals surface area contributed by atoms with Crippen LogP contribution in [0.15, 0.2) is 41.6 Å². The van der Waals surface area contributed by atoms with Crippen molar-refractivity contribution in [2.45, 2.75) is 24.3 Å². The average Bonchev–Trinajstić information content (AvgIpc) is 2.86. The number of rotatable bonds is 7. The van der Waals surface area contributed by atoms with Gasteiger partial charge in [0.25, 0.3) is 0 Å². The summed E-state index contributed by atoms with van der Waals surface area (Å²) in [5.74, 6) is 0.998. The van der Waals surface area contributed by atoms with E-state index in [2.05, 4.69) is 14.9 Å². The predicted molar refractivity (Wildman–Crippen MR) is 83.1 cm³/mol. The first-order valence-electron chi connectivity index (χ1n) is 6.94. The van der Waals surface area contributed by atoms with Crippen molar-refractivity contribution in [3.8, 4) is 0 Å². The average molecular weight is 307 g/mol. The lowest BCUT2D eigenvalue weighted by Gasteiger charge is -2.08. The van der Waals surface area contributed by atoms with Gasteiger partial charge in [-0.1, -0.05) is 12.1 Å². The third-order valence-corrected chi connectivity index (χ3v) is 4.47. The largest absolute Gasteiger partial charge is 0.335 e. The SMILES string of the molecule is CNCCCn1ccnc1Cc1ccc(S(C)(=O)=O)cc1. The molecule has 114 valence electrons. The second-order valence-corrected chi connectivity index (χ2v) is 7.10. The molecule has 21 heavy (non-hydrogen) atoms. The number of aromatic nitrogens is 2. The van der Waals surface area contributed by atoms with Gasteiger partial charge < -0.3 is 9.88 Å². The molecule has 0 radical (unpaired) electrons. The minimum atomic E-state index is -3.13. The molecule has 1 N–H and O–H groups in total. The Balaban J connectivity index is 2.07. The van der Waals surface area contributed by atoms with E-state index in [4.69, 9.17) is 0 Å². The highest BCUT2D eigenvalue weighted by atomic mass is 32.2. The molecule has 2 aromatic rings. The van der Waals surface area contributed by atoms with E-state index in [1.165, 1.54) is 6.26 Å². The van der Waals surface area contributed by atoms with Crippen molar-refractivity contribution >= 4 is 9.84 Å². The number of nitrogens with one attached hydrogen (secondary N) is 1. The van der Waals surface area contributed by atoms with Gasteiger partial charge in [-0.25, -0.2) is 13.4 Å². The number of benzene rings is 1. The molecule has 0 aliphatic rings. The first kappa shape index (κ1) is 15.7. The van der Waals surface area contributed by atoms with E-state index < -0.39 is 9.84 Å². The van der Waals surface area contributed by atoms with Crippen LogP contribution in [0.25, 0.3) is 0 Å². The second-order valence-electron chi connectivity index (χ2n) is 5.09. The lowest BCUT2D eigenvalue weighted by molar-refractivity contribution is 0.594. The van der Waals surface area contributed by atoms with E-state index in [1.807, 2.05) is 25.4 Å². The highest BCUT2D eigenvalue weighted by Gasteiger charge is 2.08. The number of sulfone groups is 1. The van der Waals surface area contributed by atoms with Crippen LogP contribution in [0.5, 0.6) is 0 Å². The van der Waals surface area contributed by atoms with Crippen molar-refractivity contribution in [1.29, 1.82) is 0 Å². The van der Waals surface area contributed by atoms with Crippen molar-refractivity contribution in [2.24, 2.45) is 0 Å². The topological polar surface area (TPSA) is 64.0 Å². The molecule has 0 unspecified atom stereocenters. The van der Waals surface area contributed by atoms with E-state index in [0.29, 0.717) is 11.3 Å². The van der Waals surface area contributed by atoms with Gasteiger partial charge in [0.2, 0.25) is 0 Å². The van der Waals surface area contributed by atoms with Crippen LogP contribution in [-0.2, 0) is 22.8 Å². The number of hydrogen-bond donors (Lipinski definition) is 1. The molecule has 5 nitrogen and oxygen atoms in total. The zero-order valence-electron chi connectivity index (χ0n) is 12.4. The lowest BCUT2D eigenvalue weighted by atomic mass is 10.1. The fourth-order valence-corrected chi connectivity index (χ4v) is 2.80. The predicted octanol–water partition coefficient (Wildman–Crippen LogP) is 1.49. The number of nitrogens with zero attached hydrogens (tertiary/aromatic N) is 2. The van der Waals surface area contributed by atoms with Crippen molar-refractivity contribution in [3.63, 3.8) is 0 Å². The van der Waals surface area contributed by atoms with Crippen molar-refractivity contribution in [1.82, 2.24) is 14.9 Å². The summed E-state index contributed by atoms with van der Waals surface area (Å²) in [6.07, 6.45) is 6.76. The second kappa shape index (κ2) is 6.87. The van der Waals surface area contributed by atoms with E-state index in [9.17, 15) is 8.42 Å². The minimum Gasteiger partial charge on any atom is -0.335 e. The molecule has 0 spiro atoms. The molecule has 1 heterocycles. The molecular formula is C15H21N3O2S. The summed E-state index contributed by atoms with van der Waals surface area (Å²) in [5, 5.41) is 3.13. The molecule has 0 atom stereocenters. The van der Waals surface area contributed by atoms with Crippen molar-refractivity contribution in [3.05, 3.63) is 48.0 Å².